The first kappa shape index (κ1) is 23.6. The normalized spacial score (nSPS) is 14.5. The number of nitrogens with zero attached hydrogens (tertiary/aromatic N) is 4. The summed E-state index contributed by atoms with van der Waals surface area (Å²) >= 11 is 0. The molecule has 0 saturated heterocycles. The highest BCUT2D eigenvalue weighted by Crippen LogP contribution is 2.17. The third-order valence-electron chi connectivity index (χ3n) is 4.92. The average molecular weight is 532 g/mol. The fraction of sp³-hybridized carbons (Fsp3) is 0.526. The summed E-state index contributed by atoms with van der Waals surface area (Å²) in [6.07, 6.45) is 5.78. The lowest BCUT2D eigenvalue weighted by Gasteiger charge is -2.13. The van der Waals surface area contributed by atoms with Crippen LogP contribution in [-0.4, -0.2) is 42.4 Å². The number of halogens is 1. The number of nitrogens with one attached hydrogen (secondary N) is 2. The number of fused-ring (bicyclic) bond motifs is 1. The van der Waals surface area contributed by atoms with Gasteiger partial charge >= 0.3 is 0 Å². The lowest BCUT2D eigenvalue weighted by Crippen LogP contribution is -2.37. The predicted octanol–water partition coefficient (Wildman–Crippen LogP) is 2.20. The largest absolute Gasteiger partial charge is 0.352 e. The second-order valence-corrected chi connectivity index (χ2v) is 9.13. The molecule has 2 aromatic rings. The minimum Gasteiger partial charge on any atom is -0.352 e. The molecule has 0 aliphatic carbocycles. The van der Waals surface area contributed by atoms with Crippen molar-refractivity contribution >= 4 is 39.8 Å². The molecule has 10 heteroatoms. The van der Waals surface area contributed by atoms with Crippen LogP contribution >= 0.6 is 24.0 Å². The molecule has 0 fully saturated rings. The molecule has 0 atom stereocenters. The summed E-state index contributed by atoms with van der Waals surface area (Å²) in [5.74, 6) is 2.66. The quantitative estimate of drug-likeness (QED) is 0.348. The summed E-state index contributed by atoms with van der Waals surface area (Å²) in [5, 5.41) is 15.2. The van der Waals surface area contributed by atoms with Gasteiger partial charge in [0.2, 0.25) is 0 Å². The number of guanidine groups is 1. The second kappa shape index (κ2) is 10.4. The number of rotatable bonds is 5. The van der Waals surface area contributed by atoms with Crippen molar-refractivity contribution in [2.75, 3.05) is 13.3 Å². The SMILES string of the molecule is CN=C(NCc1ccc(S(C)(=O)=O)c(C)c1)NCc1nnc2n1CCCCC2.I. The first-order chi connectivity index (χ1) is 13.4. The Morgan fingerprint density at radius 2 is 1.93 bits per heavy atom. The Hall–Kier alpha value is -1.69. The van der Waals surface area contributed by atoms with Crippen molar-refractivity contribution in [2.24, 2.45) is 4.99 Å². The van der Waals surface area contributed by atoms with Gasteiger partial charge in [0.1, 0.15) is 5.82 Å². The summed E-state index contributed by atoms with van der Waals surface area (Å²) in [7, 11) is -1.48. The molecule has 0 unspecified atom stereocenters. The van der Waals surface area contributed by atoms with E-state index in [9.17, 15) is 8.42 Å². The van der Waals surface area contributed by atoms with Crippen molar-refractivity contribution in [3.63, 3.8) is 0 Å². The molecule has 160 valence electrons. The molecule has 3 rings (SSSR count). The van der Waals surface area contributed by atoms with E-state index < -0.39 is 9.84 Å². The van der Waals surface area contributed by atoms with Gasteiger partial charge in [-0.2, -0.15) is 0 Å². The fourth-order valence-corrected chi connectivity index (χ4v) is 4.44. The van der Waals surface area contributed by atoms with Crippen LogP contribution in [-0.2, 0) is 35.9 Å². The molecule has 29 heavy (non-hydrogen) atoms. The Labute approximate surface area is 189 Å². The molecule has 1 aromatic heterocycles. The molecule has 0 bridgehead atoms. The van der Waals surface area contributed by atoms with E-state index in [2.05, 4.69) is 30.4 Å². The highest BCUT2D eigenvalue weighted by atomic mass is 127. The maximum atomic E-state index is 11.7. The van der Waals surface area contributed by atoms with Gasteiger partial charge in [0, 0.05) is 32.8 Å². The summed E-state index contributed by atoms with van der Waals surface area (Å²) in [4.78, 5) is 4.62. The molecule has 1 aromatic carbocycles. The van der Waals surface area contributed by atoms with Gasteiger partial charge in [-0.15, -0.1) is 34.2 Å². The molecule has 1 aliphatic rings. The van der Waals surface area contributed by atoms with Gasteiger partial charge in [0.15, 0.2) is 21.6 Å². The Balaban J connectivity index is 0.00000300. The maximum absolute atomic E-state index is 11.7. The molecule has 2 heterocycles. The van der Waals surface area contributed by atoms with Crippen LogP contribution in [0.3, 0.4) is 0 Å². The monoisotopic (exact) mass is 532 g/mol. The van der Waals surface area contributed by atoms with Crippen LogP contribution in [0, 0.1) is 6.92 Å². The Kier molecular flexibility index (Phi) is 8.44. The number of hydrogen-bond donors (Lipinski definition) is 2. The van der Waals surface area contributed by atoms with Gasteiger partial charge in [-0.1, -0.05) is 18.6 Å². The third-order valence-corrected chi connectivity index (χ3v) is 6.18. The third kappa shape index (κ3) is 6.14. The molecule has 0 saturated carbocycles. The number of aromatic nitrogens is 3. The predicted molar refractivity (Wildman–Crippen MR) is 124 cm³/mol. The number of benzene rings is 1. The molecular weight excluding hydrogens is 503 g/mol. The van der Waals surface area contributed by atoms with E-state index in [1.807, 2.05) is 19.1 Å². The van der Waals surface area contributed by atoms with Crippen molar-refractivity contribution in [1.29, 1.82) is 0 Å². The van der Waals surface area contributed by atoms with Gasteiger partial charge in [-0.25, -0.2) is 8.42 Å². The number of sulfone groups is 1. The summed E-state index contributed by atoms with van der Waals surface area (Å²) in [6.45, 7) is 3.88. The molecule has 0 spiro atoms. The van der Waals surface area contributed by atoms with Crippen LogP contribution in [0.15, 0.2) is 28.1 Å². The zero-order valence-electron chi connectivity index (χ0n) is 17.1. The van der Waals surface area contributed by atoms with Crippen LogP contribution < -0.4 is 10.6 Å². The molecule has 0 radical (unpaired) electrons. The number of aryl methyl sites for hydroxylation is 2. The van der Waals surface area contributed by atoms with Crippen LogP contribution in [0.25, 0.3) is 0 Å². The zero-order valence-corrected chi connectivity index (χ0v) is 20.3. The summed E-state index contributed by atoms with van der Waals surface area (Å²) in [6, 6.07) is 5.36. The van der Waals surface area contributed by atoms with Gasteiger partial charge in [-0.3, -0.25) is 4.99 Å². The smallest absolute Gasteiger partial charge is 0.191 e. The fourth-order valence-electron chi connectivity index (χ4n) is 3.48. The molecule has 2 N–H and O–H groups in total. The minimum atomic E-state index is -3.20. The molecule has 0 amide bonds. The second-order valence-electron chi connectivity index (χ2n) is 7.15. The first-order valence-electron chi connectivity index (χ1n) is 9.53. The summed E-state index contributed by atoms with van der Waals surface area (Å²) < 4.78 is 25.7. The van der Waals surface area contributed by atoms with Crippen molar-refractivity contribution in [3.05, 3.63) is 41.0 Å². The topological polar surface area (TPSA) is 101 Å². The van der Waals surface area contributed by atoms with E-state index in [0.29, 0.717) is 23.9 Å². The van der Waals surface area contributed by atoms with E-state index >= 15 is 0 Å². The van der Waals surface area contributed by atoms with Crippen molar-refractivity contribution in [2.45, 2.75) is 57.1 Å². The van der Waals surface area contributed by atoms with Gasteiger partial charge in [0.25, 0.3) is 0 Å². The lowest BCUT2D eigenvalue weighted by atomic mass is 10.1. The van der Waals surface area contributed by atoms with Gasteiger partial charge < -0.3 is 15.2 Å². The van der Waals surface area contributed by atoms with Crippen molar-refractivity contribution < 1.29 is 8.42 Å². The van der Waals surface area contributed by atoms with E-state index in [-0.39, 0.29) is 24.0 Å². The molecular formula is C19H29IN6O2S. The van der Waals surface area contributed by atoms with Crippen LogP contribution in [0.5, 0.6) is 0 Å². The van der Waals surface area contributed by atoms with Crippen molar-refractivity contribution in [3.8, 4) is 0 Å². The standard InChI is InChI=1S/C19H28N6O2S.HI/c1-14-11-15(8-9-16(14)28(3,26)27)12-21-19(20-2)22-13-18-24-23-17-7-5-4-6-10-25(17)18;/h8-9,11H,4-7,10,12-13H2,1-3H3,(H2,20,21,22);1H. The maximum Gasteiger partial charge on any atom is 0.191 e. The minimum absolute atomic E-state index is 0. The number of hydrogen-bond acceptors (Lipinski definition) is 5. The van der Waals surface area contributed by atoms with Crippen LogP contribution in [0.1, 0.15) is 42.0 Å². The number of aliphatic imine (C=N–C) groups is 1. The highest BCUT2D eigenvalue weighted by molar-refractivity contribution is 14.0. The van der Waals surface area contributed by atoms with E-state index in [1.165, 1.54) is 19.1 Å². The van der Waals surface area contributed by atoms with Crippen molar-refractivity contribution in [1.82, 2.24) is 25.4 Å². The Morgan fingerprint density at radius 3 is 2.62 bits per heavy atom. The van der Waals surface area contributed by atoms with Crippen LogP contribution in [0.4, 0.5) is 0 Å². The Bertz CT molecular complexity index is 971. The average Bonchev–Trinajstić information content (AvgIpc) is 2.87. The first-order valence-corrected chi connectivity index (χ1v) is 11.4. The van der Waals surface area contributed by atoms with E-state index in [0.717, 1.165) is 42.2 Å². The van der Waals surface area contributed by atoms with Gasteiger partial charge in [-0.05, 0) is 37.0 Å². The van der Waals surface area contributed by atoms with Crippen LogP contribution in [0.2, 0.25) is 0 Å². The molecule has 8 nitrogen and oxygen atoms in total. The summed E-state index contributed by atoms with van der Waals surface area (Å²) in [5.41, 5.74) is 1.74. The van der Waals surface area contributed by atoms with Gasteiger partial charge in [0.05, 0.1) is 11.4 Å². The van der Waals surface area contributed by atoms with E-state index in [4.69, 9.17) is 0 Å². The zero-order chi connectivity index (χ0) is 20.1. The molecule has 1 aliphatic heterocycles. The highest BCUT2D eigenvalue weighted by Gasteiger charge is 2.15. The lowest BCUT2D eigenvalue weighted by molar-refractivity contribution is 0.596. The Morgan fingerprint density at radius 1 is 1.17 bits per heavy atom. The van der Waals surface area contributed by atoms with E-state index in [1.54, 1.807) is 13.1 Å².